The molecule has 0 aliphatic rings. The van der Waals surface area contributed by atoms with Crippen molar-refractivity contribution >= 4 is 43.7 Å². The molecule has 0 radical (unpaired) electrons. The smallest absolute Gasteiger partial charge is 0.145 e. The molecule has 10 aromatic rings. The van der Waals surface area contributed by atoms with Crippen molar-refractivity contribution in [3.05, 3.63) is 176 Å². The van der Waals surface area contributed by atoms with Crippen LogP contribution in [0.1, 0.15) is 12.7 Å². The first-order valence-electron chi connectivity index (χ1n) is 17.8. The Balaban J connectivity index is 1.12. The van der Waals surface area contributed by atoms with Gasteiger partial charge < -0.3 is 0 Å². The van der Waals surface area contributed by atoms with Crippen LogP contribution < -0.4 is 0 Å². The van der Waals surface area contributed by atoms with Gasteiger partial charge in [-0.15, -0.1) is 0 Å². The highest BCUT2D eigenvalue weighted by Gasteiger charge is 2.20. The highest BCUT2D eigenvalue weighted by Crippen LogP contribution is 2.39. The van der Waals surface area contributed by atoms with E-state index >= 15 is 0 Å². The number of para-hydroxylation sites is 4. The number of imidazole rings is 2. The molecule has 0 saturated heterocycles. The summed E-state index contributed by atoms with van der Waals surface area (Å²) < 4.78 is 4.55. The largest absolute Gasteiger partial charge is 0.296 e. The van der Waals surface area contributed by atoms with Gasteiger partial charge in [-0.3, -0.25) is 9.13 Å². The van der Waals surface area contributed by atoms with Crippen LogP contribution in [0.2, 0.25) is 0 Å². The van der Waals surface area contributed by atoms with Crippen LogP contribution in [-0.4, -0.2) is 24.1 Å². The molecule has 0 N–H and O–H groups in total. The fourth-order valence-corrected chi connectivity index (χ4v) is 7.66. The Morgan fingerprint density at radius 1 is 0.442 bits per heavy atom. The number of aromatic nitrogens is 5. The van der Waals surface area contributed by atoms with Gasteiger partial charge in [-0.1, -0.05) is 128 Å². The van der Waals surface area contributed by atoms with Gasteiger partial charge >= 0.3 is 0 Å². The van der Waals surface area contributed by atoms with Crippen molar-refractivity contribution in [2.24, 2.45) is 0 Å². The zero-order valence-electron chi connectivity index (χ0n) is 28.6. The first-order chi connectivity index (χ1) is 25.7. The van der Waals surface area contributed by atoms with Gasteiger partial charge in [0.25, 0.3) is 0 Å². The van der Waals surface area contributed by atoms with E-state index in [1.165, 1.54) is 0 Å². The lowest BCUT2D eigenvalue weighted by molar-refractivity contribution is 0.908. The summed E-state index contributed by atoms with van der Waals surface area (Å²) in [6.07, 6.45) is 0.816. The number of benzene rings is 7. The first-order valence-corrected chi connectivity index (χ1v) is 17.8. The van der Waals surface area contributed by atoms with Crippen molar-refractivity contribution in [3.8, 4) is 45.1 Å². The average molecular weight is 668 g/mol. The number of fused-ring (bicyclic) bond motifs is 6. The molecule has 3 heterocycles. The maximum atomic E-state index is 5.32. The van der Waals surface area contributed by atoms with E-state index in [0.717, 1.165) is 101 Å². The summed E-state index contributed by atoms with van der Waals surface area (Å²) in [7, 11) is 0. The Bertz CT molecular complexity index is 2920. The van der Waals surface area contributed by atoms with Crippen LogP contribution in [0.5, 0.6) is 0 Å². The molecule has 7 aromatic carbocycles. The van der Waals surface area contributed by atoms with E-state index in [1.54, 1.807) is 0 Å². The number of pyridine rings is 1. The molecule has 0 unspecified atom stereocenters. The van der Waals surface area contributed by atoms with Gasteiger partial charge in [0.05, 0.1) is 33.3 Å². The number of nitrogens with zero attached hydrogens (tertiary/aromatic N) is 5. The number of rotatable bonds is 6. The predicted octanol–water partition coefficient (Wildman–Crippen LogP) is 11.6. The third-order valence-electron chi connectivity index (χ3n) is 10.1. The molecule has 0 saturated carbocycles. The van der Waals surface area contributed by atoms with Crippen molar-refractivity contribution in [1.29, 1.82) is 0 Å². The third-order valence-corrected chi connectivity index (χ3v) is 10.1. The summed E-state index contributed by atoms with van der Waals surface area (Å²) in [5.41, 5.74) is 12.6. The lowest BCUT2D eigenvalue weighted by Crippen LogP contribution is -1.99. The van der Waals surface area contributed by atoms with E-state index < -0.39 is 0 Å². The third kappa shape index (κ3) is 4.82. The molecule has 0 amide bonds. The van der Waals surface area contributed by atoms with Gasteiger partial charge in [0.15, 0.2) is 0 Å². The summed E-state index contributed by atoms with van der Waals surface area (Å²) in [4.78, 5) is 15.7. The van der Waals surface area contributed by atoms with Crippen molar-refractivity contribution < 1.29 is 0 Å². The monoisotopic (exact) mass is 667 g/mol. The highest BCUT2D eigenvalue weighted by atomic mass is 15.1. The van der Waals surface area contributed by atoms with Gasteiger partial charge in [-0.05, 0) is 65.0 Å². The van der Waals surface area contributed by atoms with Gasteiger partial charge in [0.2, 0.25) is 0 Å². The molecule has 0 aliphatic heterocycles. The summed E-state index contributed by atoms with van der Waals surface area (Å²) >= 11 is 0. The Morgan fingerprint density at radius 3 is 1.92 bits per heavy atom. The minimum Gasteiger partial charge on any atom is -0.296 e. The van der Waals surface area contributed by atoms with E-state index in [1.807, 2.05) is 12.1 Å². The predicted molar refractivity (Wildman–Crippen MR) is 214 cm³/mol. The summed E-state index contributed by atoms with van der Waals surface area (Å²) in [6, 6.07) is 59.7. The molecule has 246 valence electrons. The molecule has 10 rings (SSSR count). The Kier molecular flexibility index (Phi) is 7.03. The van der Waals surface area contributed by atoms with E-state index in [2.05, 4.69) is 174 Å². The summed E-state index contributed by atoms with van der Waals surface area (Å²) in [5.74, 6) is 1.96. The quantitative estimate of drug-likeness (QED) is 0.166. The average Bonchev–Trinajstić information content (AvgIpc) is 3.80. The van der Waals surface area contributed by atoms with Crippen LogP contribution >= 0.6 is 0 Å². The van der Waals surface area contributed by atoms with Gasteiger partial charge in [0.1, 0.15) is 11.6 Å². The zero-order valence-corrected chi connectivity index (χ0v) is 28.6. The standard InChI is InChI=1S/C47H33N5/c1-2-43-50-46-42(51(43)35-17-7-4-8-18-35)29-28-38-37-20-9-10-21-39(37)48-45(44(38)46)32-26-24-31(25-27-32)34-16-13-19-36(30-34)52-41-23-12-11-22-40(41)49-47(52)33-14-5-3-6-15-33/h3-30H,2H2,1H3. The maximum Gasteiger partial charge on any atom is 0.145 e. The molecule has 0 aliphatic carbocycles. The van der Waals surface area contributed by atoms with Gasteiger partial charge in [-0.2, -0.15) is 0 Å². The second kappa shape index (κ2) is 12.2. The summed E-state index contributed by atoms with van der Waals surface area (Å²) in [6.45, 7) is 2.17. The Morgan fingerprint density at radius 2 is 1.12 bits per heavy atom. The Hall–Kier alpha value is -6.85. The molecule has 3 aromatic heterocycles. The fraction of sp³-hybridized carbons (Fsp3) is 0.0426. The van der Waals surface area contributed by atoms with Crippen molar-refractivity contribution in [2.75, 3.05) is 0 Å². The minimum absolute atomic E-state index is 0.816. The highest BCUT2D eigenvalue weighted by molar-refractivity contribution is 6.20. The lowest BCUT2D eigenvalue weighted by atomic mass is 9.97. The maximum absolute atomic E-state index is 5.32. The van der Waals surface area contributed by atoms with Gasteiger partial charge in [0, 0.05) is 39.7 Å². The lowest BCUT2D eigenvalue weighted by Gasteiger charge is -2.13. The fourth-order valence-electron chi connectivity index (χ4n) is 7.66. The van der Waals surface area contributed by atoms with Crippen LogP contribution in [0.3, 0.4) is 0 Å². The molecule has 52 heavy (non-hydrogen) atoms. The molecule has 5 nitrogen and oxygen atoms in total. The van der Waals surface area contributed by atoms with Crippen LogP contribution in [0.4, 0.5) is 0 Å². The number of hydrogen-bond acceptors (Lipinski definition) is 3. The Labute approximate surface area is 301 Å². The number of hydrogen-bond donors (Lipinski definition) is 0. The molecule has 5 heteroatoms. The van der Waals surface area contributed by atoms with E-state index in [-0.39, 0.29) is 0 Å². The second-order valence-electron chi connectivity index (χ2n) is 13.1. The molecule has 0 atom stereocenters. The minimum atomic E-state index is 0.816. The first kappa shape index (κ1) is 30.0. The topological polar surface area (TPSA) is 48.5 Å². The molecule has 0 fully saturated rings. The number of aryl methyl sites for hydroxylation is 1. The van der Waals surface area contributed by atoms with Crippen molar-refractivity contribution in [3.63, 3.8) is 0 Å². The van der Waals surface area contributed by atoms with Crippen molar-refractivity contribution in [1.82, 2.24) is 24.1 Å². The SMILES string of the molecule is CCc1nc2c3c(-c4ccc(-c5cccc(-n6c(-c7ccccc7)nc7ccccc76)c5)cc4)nc4ccccc4c3ccc2n1-c1ccccc1. The summed E-state index contributed by atoms with van der Waals surface area (Å²) in [5, 5.41) is 3.37. The zero-order chi connectivity index (χ0) is 34.6. The molecular formula is C47H33N5. The van der Waals surface area contributed by atoms with Gasteiger partial charge in [-0.25, -0.2) is 15.0 Å². The normalized spacial score (nSPS) is 11.6. The van der Waals surface area contributed by atoms with Crippen LogP contribution in [-0.2, 0) is 6.42 Å². The van der Waals surface area contributed by atoms with Crippen LogP contribution in [0.25, 0.3) is 88.9 Å². The molecule has 0 bridgehead atoms. The van der Waals surface area contributed by atoms with E-state index in [4.69, 9.17) is 15.0 Å². The van der Waals surface area contributed by atoms with E-state index in [0.29, 0.717) is 0 Å². The second-order valence-corrected chi connectivity index (χ2v) is 13.1. The van der Waals surface area contributed by atoms with Crippen LogP contribution in [0, 0.1) is 0 Å². The molecule has 0 spiro atoms. The van der Waals surface area contributed by atoms with Crippen molar-refractivity contribution in [2.45, 2.75) is 13.3 Å². The van der Waals surface area contributed by atoms with E-state index in [9.17, 15) is 0 Å². The van der Waals surface area contributed by atoms with Crippen LogP contribution in [0.15, 0.2) is 170 Å². The molecular weight excluding hydrogens is 635 g/mol.